The fourth-order valence-corrected chi connectivity index (χ4v) is 2.57. The van der Waals surface area contributed by atoms with Crippen LogP contribution in [0.25, 0.3) is 22.0 Å². The second-order valence-electron chi connectivity index (χ2n) is 4.90. The smallest absolute Gasteiger partial charge is 0.221 e. The topological polar surface area (TPSA) is 34.0 Å². The molecule has 0 saturated carbocycles. The lowest BCUT2D eigenvalue weighted by Gasteiger charge is -2.08. The standard InChI is InChI=1S/C17H16N2O/c1-12(20)18-16-9-5-3-7-13(16)15-11-19(2)17-10-6-4-8-14(15)17/h3-11H,1-2H3,(H,18,20). The van der Waals surface area contributed by atoms with Gasteiger partial charge in [0.25, 0.3) is 0 Å². The van der Waals surface area contributed by atoms with Crippen molar-refractivity contribution in [2.45, 2.75) is 6.92 Å². The first-order chi connectivity index (χ1) is 9.66. The fraction of sp³-hybridized carbons (Fsp3) is 0.118. The average Bonchev–Trinajstić information content (AvgIpc) is 2.77. The molecule has 3 rings (SSSR count). The Morgan fingerprint density at radius 3 is 2.50 bits per heavy atom. The van der Waals surface area contributed by atoms with E-state index in [1.54, 1.807) is 0 Å². The highest BCUT2D eigenvalue weighted by Gasteiger charge is 2.11. The van der Waals surface area contributed by atoms with Crippen LogP contribution < -0.4 is 5.32 Å². The highest BCUT2D eigenvalue weighted by atomic mass is 16.1. The van der Waals surface area contributed by atoms with Crippen LogP contribution in [-0.4, -0.2) is 10.5 Å². The van der Waals surface area contributed by atoms with E-state index in [1.807, 2.05) is 43.4 Å². The molecule has 0 fully saturated rings. The van der Waals surface area contributed by atoms with Gasteiger partial charge in [-0.25, -0.2) is 0 Å². The number of hydrogen-bond acceptors (Lipinski definition) is 1. The van der Waals surface area contributed by atoms with E-state index in [0.717, 1.165) is 16.8 Å². The summed E-state index contributed by atoms with van der Waals surface area (Å²) in [6.45, 7) is 1.53. The van der Waals surface area contributed by atoms with Crippen LogP contribution in [0.1, 0.15) is 6.92 Å². The molecular formula is C17H16N2O. The van der Waals surface area contributed by atoms with Crippen molar-refractivity contribution in [3.8, 4) is 11.1 Å². The number of nitrogens with zero attached hydrogens (tertiary/aromatic N) is 1. The molecule has 0 bridgehead atoms. The first-order valence-electron chi connectivity index (χ1n) is 6.58. The van der Waals surface area contributed by atoms with Crippen LogP contribution in [0, 0.1) is 0 Å². The summed E-state index contributed by atoms with van der Waals surface area (Å²) in [6.07, 6.45) is 2.10. The monoisotopic (exact) mass is 264 g/mol. The Bertz CT molecular complexity index is 787. The number of carbonyl (C=O) groups is 1. The summed E-state index contributed by atoms with van der Waals surface area (Å²) in [7, 11) is 2.03. The Morgan fingerprint density at radius 1 is 1.00 bits per heavy atom. The lowest BCUT2D eigenvalue weighted by atomic mass is 10.0. The maximum atomic E-state index is 11.3. The van der Waals surface area contributed by atoms with Crippen molar-refractivity contribution < 1.29 is 4.79 Å². The predicted octanol–water partition coefficient (Wildman–Crippen LogP) is 3.80. The van der Waals surface area contributed by atoms with Crippen LogP contribution in [-0.2, 0) is 11.8 Å². The van der Waals surface area contributed by atoms with Gasteiger partial charge in [0.1, 0.15) is 0 Å². The van der Waals surface area contributed by atoms with Crippen molar-refractivity contribution >= 4 is 22.5 Å². The molecule has 0 spiro atoms. The van der Waals surface area contributed by atoms with Gasteiger partial charge in [0.05, 0.1) is 0 Å². The number of anilines is 1. The molecule has 1 N–H and O–H groups in total. The summed E-state index contributed by atoms with van der Waals surface area (Å²) in [4.78, 5) is 11.3. The van der Waals surface area contributed by atoms with Gasteiger partial charge in [-0.15, -0.1) is 0 Å². The third-order valence-electron chi connectivity index (χ3n) is 3.42. The second kappa shape index (κ2) is 4.85. The molecule has 0 aliphatic carbocycles. The molecular weight excluding hydrogens is 248 g/mol. The summed E-state index contributed by atoms with van der Waals surface area (Å²) in [6, 6.07) is 16.2. The van der Waals surface area contributed by atoms with Gasteiger partial charge in [-0.05, 0) is 12.1 Å². The van der Waals surface area contributed by atoms with Crippen molar-refractivity contribution in [1.29, 1.82) is 0 Å². The lowest BCUT2D eigenvalue weighted by molar-refractivity contribution is -0.114. The van der Waals surface area contributed by atoms with Crippen LogP contribution in [0.2, 0.25) is 0 Å². The van der Waals surface area contributed by atoms with E-state index in [-0.39, 0.29) is 5.91 Å². The Morgan fingerprint density at radius 2 is 1.70 bits per heavy atom. The molecule has 0 atom stereocenters. The summed E-state index contributed by atoms with van der Waals surface area (Å²) in [5.74, 6) is -0.0577. The molecule has 3 heteroatoms. The van der Waals surface area contributed by atoms with Crippen LogP contribution in [0.3, 0.4) is 0 Å². The third-order valence-corrected chi connectivity index (χ3v) is 3.42. The van der Waals surface area contributed by atoms with Crippen molar-refractivity contribution in [2.75, 3.05) is 5.32 Å². The lowest BCUT2D eigenvalue weighted by Crippen LogP contribution is -2.06. The molecule has 1 amide bonds. The summed E-state index contributed by atoms with van der Waals surface area (Å²) < 4.78 is 2.11. The van der Waals surface area contributed by atoms with Gasteiger partial charge in [0.15, 0.2) is 0 Å². The zero-order valence-electron chi connectivity index (χ0n) is 11.6. The fourth-order valence-electron chi connectivity index (χ4n) is 2.57. The van der Waals surface area contributed by atoms with Crippen molar-refractivity contribution in [3.05, 3.63) is 54.7 Å². The highest BCUT2D eigenvalue weighted by Crippen LogP contribution is 2.34. The molecule has 0 radical (unpaired) electrons. The zero-order valence-corrected chi connectivity index (χ0v) is 11.6. The van der Waals surface area contributed by atoms with E-state index in [1.165, 1.54) is 17.8 Å². The van der Waals surface area contributed by atoms with E-state index in [9.17, 15) is 4.79 Å². The Balaban J connectivity index is 2.24. The minimum Gasteiger partial charge on any atom is -0.350 e. The zero-order chi connectivity index (χ0) is 14.1. The number of nitrogens with one attached hydrogen (secondary N) is 1. The number of aryl methyl sites for hydroxylation is 1. The third kappa shape index (κ3) is 2.07. The molecule has 0 aliphatic heterocycles. The number of aromatic nitrogens is 1. The number of carbonyl (C=O) groups excluding carboxylic acids is 1. The molecule has 3 nitrogen and oxygen atoms in total. The van der Waals surface area contributed by atoms with E-state index >= 15 is 0 Å². The first-order valence-corrected chi connectivity index (χ1v) is 6.58. The minimum absolute atomic E-state index is 0.0577. The molecule has 0 saturated heterocycles. The van der Waals surface area contributed by atoms with E-state index in [4.69, 9.17) is 0 Å². The number of para-hydroxylation sites is 2. The van der Waals surface area contributed by atoms with Gasteiger partial charge >= 0.3 is 0 Å². The molecule has 0 aliphatic rings. The number of benzene rings is 2. The van der Waals surface area contributed by atoms with Gasteiger partial charge in [-0.2, -0.15) is 0 Å². The van der Waals surface area contributed by atoms with Crippen LogP contribution in [0.4, 0.5) is 5.69 Å². The van der Waals surface area contributed by atoms with Gasteiger partial charge in [0.2, 0.25) is 5.91 Å². The first kappa shape index (κ1) is 12.5. The number of hydrogen-bond donors (Lipinski definition) is 1. The summed E-state index contributed by atoms with van der Waals surface area (Å²) in [5, 5.41) is 4.09. The quantitative estimate of drug-likeness (QED) is 0.750. The van der Waals surface area contributed by atoms with Gasteiger partial charge < -0.3 is 9.88 Å². The van der Waals surface area contributed by atoms with Crippen LogP contribution in [0.5, 0.6) is 0 Å². The van der Waals surface area contributed by atoms with Crippen molar-refractivity contribution in [2.24, 2.45) is 7.05 Å². The minimum atomic E-state index is -0.0577. The molecule has 1 aromatic heterocycles. The average molecular weight is 264 g/mol. The maximum absolute atomic E-state index is 11.3. The predicted molar refractivity (Wildman–Crippen MR) is 82.7 cm³/mol. The Kier molecular flexibility index (Phi) is 3.03. The van der Waals surface area contributed by atoms with Crippen LogP contribution >= 0.6 is 0 Å². The van der Waals surface area contributed by atoms with E-state index in [2.05, 4.69) is 28.2 Å². The molecule has 1 heterocycles. The largest absolute Gasteiger partial charge is 0.350 e. The van der Waals surface area contributed by atoms with Gasteiger partial charge in [0, 0.05) is 47.9 Å². The number of fused-ring (bicyclic) bond motifs is 1. The SMILES string of the molecule is CC(=O)Nc1ccccc1-c1cn(C)c2ccccc12. The second-order valence-corrected chi connectivity index (χ2v) is 4.90. The Hall–Kier alpha value is -2.55. The van der Waals surface area contributed by atoms with Crippen molar-refractivity contribution in [3.63, 3.8) is 0 Å². The van der Waals surface area contributed by atoms with E-state index < -0.39 is 0 Å². The molecule has 2 aromatic carbocycles. The maximum Gasteiger partial charge on any atom is 0.221 e. The number of rotatable bonds is 2. The van der Waals surface area contributed by atoms with Crippen molar-refractivity contribution in [1.82, 2.24) is 4.57 Å². The molecule has 100 valence electrons. The van der Waals surface area contributed by atoms with E-state index in [0.29, 0.717) is 0 Å². The van der Waals surface area contributed by atoms with Gasteiger partial charge in [-0.1, -0.05) is 36.4 Å². The van der Waals surface area contributed by atoms with Gasteiger partial charge in [-0.3, -0.25) is 4.79 Å². The summed E-state index contributed by atoms with van der Waals surface area (Å²) in [5.41, 5.74) is 4.20. The number of amides is 1. The Labute approximate surface area is 117 Å². The molecule has 20 heavy (non-hydrogen) atoms. The van der Waals surface area contributed by atoms with Crippen LogP contribution in [0.15, 0.2) is 54.7 Å². The highest BCUT2D eigenvalue weighted by molar-refractivity contribution is 6.02. The molecule has 0 unspecified atom stereocenters. The summed E-state index contributed by atoms with van der Waals surface area (Å²) >= 11 is 0. The molecule has 3 aromatic rings. The normalized spacial score (nSPS) is 10.7.